The SMILES string of the molecule is CSC1CCC(NS(=O)(=O)c2c(C)cc(F)cc2C)C1. The highest BCUT2D eigenvalue weighted by Crippen LogP contribution is 2.30. The van der Waals surface area contributed by atoms with Crippen LogP contribution in [-0.2, 0) is 10.0 Å². The van der Waals surface area contributed by atoms with Crippen LogP contribution in [0, 0.1) is 19.7 Å². The molecular weight excluding hydrogens is 297 g/mol. The zero-order valence-electron chi connectivity index (χ0n) is 11.9. The summed E-state index contributed by atoms with van der Waals surface area (Å²) in [5.74, 6) is -0.401. The lowest BCUT2D eigenvalue weighted by molar-refractivity contribution is 0.550. The summed E-state index contributed by atoms with van der Waals surface area (Å²) in [6, 6.07) is 2.52. The zero-order chi connectivity index (χ0) is 14.9. The Bertz CT molecular complexity index is 578. The second-order valence-corrected chi connectivity index (χ2v) is 8.15. The summed E-state index contributed by atoms with van der Waals surface area (Å²) in [6.45, 7) is 3.26. The number of hydrogen-bond donors (Lipinski definition) is 1. The standard InChI is InChI=1S/C14H20FNO2S2/c1-9-6-11(15)7-10(2)14(9)20(17,18)16-12-4-5-13(8-12)19-3/h6-7,12-13,16H,4-5,8H2,1-3H3. The number of sulfonamides is 1. The molecule has 1 saturated carbocycles. The van der Waals surface area contributed by atoms with E-state index in [9.17, 15) is 12.8 Å². The average molecular weight is 317 g/mol. The van der Waals surface area contributed by atoms with Gasteiger partial charge in [0.2, 0.25) is 10.0 Å². The van der Waals surface area contributed by atoms with Crippen LogP contribution < -0.4 is 4.72 Å². The summed E-state index contributed by atoms with van der Waals surface area (Å²) < 4.78 is 41.0. The molecule has 1 aliphatic carbocycles. The van der Waals surface area contributed by atoms with Crippen LogP contribution in [-0.4, -0.2) is 26.0 Å². The van der Waals surface area contributed by atoms with E-state index in [0.717, 1.165) is 19.3 Å². The van der Waals surface area contributed by atoms with Gasteiger partial charge < -0.3 is 0 Å². The molecule has 0 saturated heterocycles. The molecular formula is C14H20FNO2S2. The second kappa shape index (κ2) is 6.03. The maximum Gasteiger partial charge on any atom is 0.241 e. The van der Waals surface area contributed by atoms with Crippen LogP contribution in [0.5, 0.6) is 0 Å². The molecule has 1 fully saturated rings. The van der Waals surface area contributed by atoms with E-state index >= 15 is 0 Å². The molecule has 3 nitrogen and oxygen atoms in total. The first-order chi connectivity index (χ1) is 9.33. The van der Waals surface area contributed by atoms with Crippen molar-refractivity contribution in [1.82, 2.24) is 4.72 Å². The molecule has 0 amide bonds. The molecule has 112 valence electrons. The minimum Gasteiger partial charge on any atom is -0.208 e. The lowest BCUT2D eigenvalue weighted by Gasteiger charge is -2.16. The van der Waals surface area contributed by atoms with E-state index in [2.05, 4.69) is 11.0 Å². The number of benzene rings is 1. The van der Waals surface area contributed by atoms with Crippen LogP contribution in [0.25, 0.3) is 0 Å². The first kappa shape index (κ1) is 15.8. The van der Waals surface area contributed by atoms with Gasteiger partial charge in [0.15, 0.2) is 0 Å². The summed E-state index contributed by atoms with van der Waals surface area (Å²) in [7, 11) is -3.58. The Labute approximate surface area is 124 Å². The molecule has 2 unspecified atom stereocenters. The highest BCUT2D eigenvalue weighted by molar-refractivity contribution is 7.99. The van der Waals surface area contributed by atoms with Crippen LogP contribution in [0.1, 0.15) is 30.4 Å². The Morgan fingerprint density at radius 3 is 2.35 bits per heavy atom. The minimum atomic E-state index is -3.58. The monoisotopic (exact) mass is 317 g/mol. The largest absolute Gasteiger partial charge is 0.241 e. The summed E-state index contributed by atoms with van der Waals surface area (Å²) in [6.07, 6.45) is 4.81. The normalized spacial score (nSPS) is 23.2. The van der Waals surface area contributed by atoms with E-state index in [1.165, 1.54) is 12.1 Å². The van der Waals surface area contributed by atoms with Gasteiger partial charge in [-0.2, -0.15) is 11.8 Å². The van der Waals surface area contributed by atoms with Crippen molar-refractivity contribution in [3.05, 3.63) is 29.1 Å². The molecule has 0 aromatic heterocycles. The van der Waals surface area contributed by atoms with E-state index in [-0.39, 0.29) is 10.9 Å². The highest BCUT2D eigenvalue weighted by Gasteiger charge is 2.29. The third-order valence-corrected chi connectivity index (χ3v) is 6.65. The molecule has 0 aliphatic heterocycles. The molecule has 2 rings (SSSR count). The van der Waals surface area contributed by atoms with Gasteiger partial charge >= 0.3 is 0 Å². The number of hydrogen-bond acceptors (Lipinski definition) is 3. The van der Waals surface area contributed by atoms with E-state index < -0.39 is 15.8 Å². The molecule has 1 aliphatic rings. The number of nitrogens with one attached hydrogen (secondary N) is 1. The van der Waals surface area contributed by atoms with Gasteiger partial charge in [-0.25, -0.2) is 17.5 Å². The van der Waals surface area contributed by atoms with Crippen LogP contribution in [0.15, 0.2) is 17.0 Å². The van der Waals surface area contributed by atoms with Crippen molar-refractivity contribution in [3.8, 4) is 0 Å². The molecule has 0 spiro atoms. The second-order valence-electron chi connectivity index (χ2n) is 5.36. The number of rotatable bonds is 4. The molecule has 1 aromatic rings. The minimum absolute atomic E-state index is 0.0127. The molecule has 6 heteroatoms. The first-order valence-electron chi connectivity index (χ1n) is 6.65. The van der Waals surface area contributed by atoms with Crippen molar-refractivity contribution >= 4 is 21.8 Å². The van der Waals surface area contributed by atoms with Crippen molar-refractivity contribution in [2.24, 2.45) is 0 Å². The number of aryl methyl sites for hydroxylation is 2. The Morgan fingerprint density at radius 1 is 1.25 bits per heavy atom. The maximum absolute atomic E-state index is 13.3. The van der Waals surface area contributed by atoms with Crippen LogP contribution in [0.3, 0.4) is 0 Å². The van der Waals surface area contributed by atoms with Gasteiger partial charge in [0.05, 0.1) is 4.90 Å². The molecule has 2 atom stereocenters. The summed E-state index contributed by atoms with van der Waals surface area (Å²) in [5.41, 5.74) is 0.906. The third kappa shape index (κ3) is 3.35. The highest BCUT2D eigenvalue weighted by atomic mass is 32.2. The van der Waals surface area contributed by atoms with Crippen molar-refractivity contribution in [1.29, 1.82) is 0 Å². The van der Waals surface area contributed by atoms with Crippen LogP contribution in [0.4, 0.5) is 4.39 Å². The summed E-state index contributed by atoms with van der Waals surface area (Å²) >= 11 is 1.78. The molecule has 0 heterocycles. The van der Waals surface area contributed by atoms with E-state index in [0.29, 0.717) is 16.4 Å². The van der Waals surface area contributed by atoms with E-state index in [1.54, 1.807) is 25.6 Å². The van der Waals surface area contributed by atoms with Crippen molar-refractivity contribution in [2.45, 2.75) is 49.3 Å². The average Bonchev–Trinajstić information content (AvgIpc) is 2.73. The summed E-state index contributed by atoms with van der Waals surface area (Å²) in [4.78, 5) is 0.214. The fourth-order valence-electron chi connectivity index (χ4n) is 2.86. The smallest absolute Gasteiger partial charge is 0.208 e. The van der Waals surface area contributed by atoms with Gasteiger partial charge in [-0.15, -0.1) is 0 Å². The topological polar surface area (TPSA) is 46.2 Å². The van der Waals surface area contributed by atoms with Gasteiger partial charge in [-0.05, 0) is 62.6 Å². The van der Waals surface area contributed by atoms with Crippen LogP contribution in [0.2, 0.25) is 0 Å². The van der Waals surface area contributed by atoms with Crippen molar-refractivity contribution in [3.63, 3.8) is 0 Å². The van der Waals surface area contributed by atoms with Crippen molar-refractivity contribution in [2.75, 3.05) is 6.26 Å². The summed E-state index contributed by atoms with van der Waals surface area (Å²) in [5, 5.41) is 0.526. The van der Waals surface area contributed by atoms with Gasteiger partial charge in [0.25, 0.3) is 0 Å². The quantitative estimate of drug-likeness (QED) is 0.928. The zero-order valence-corrected chi connectivity index (χ0v) is 13.6. The predicted molar refractivity (Wildman–Crippen MR) is 81.1 cm³/mol. The van der Waals surface area contributed by atoms with Crippen molar-refractivity contribution < 1.29 is 12.8 Å². The van der Waals surface area contributed by atoms with E-state index in [1.807, 2.05) is 0 Å². The number of halogens is 1. The molecule has 20 heavy (non-hydrogen) atoms. The van der Waals surface area contributed by atoms with Gasteiger partial charge in [-0.3, -0.25) is 0 Å². The molecule has 1 N–H and O–H groups in total. The molecule has 0 bridgehead atoms. The van der Waals surface area contributed by atoms with E-state index in [4.69, 9.17) is 0 Å². The fourth-order valence-corrected chi connectivity index (χ4v) is 5.39. The van der Waals surface area contributed by atoms with Gasteiger partial charge in [0.1, 0.15) is 5.82 Å². The third-order valence-electron chi connectivity index (χ3n) is 3.73. The Kier molecular flexibility index (Phi) is 4.76. The predicted octanol–water partition coefficient (Wildman–Crippen LogP) is 3.00. The number of thioether (sulfide) groups is 1. The maximum atomic E-state index is 13.3. The lowest BCUT2D eigenvalue weighted by atomic mass is 10.1. The Hall–Kier alpha value is -0.590. The van der Waals surface area contributed by atoms with Gasteiger partial charge in [0, 0.05) is 11.3 Å². The Morgan fingerprint density at radius 2 is 1.85 bits per heavy atom. The van der Waals surface area contributed by atoms with Crippen LogP contribution >= 0.6 is 11.8 Å². The fraction of sp³-hybridized carbons (Fsp3) is 0.571. The molecule has 0 radical (unpaired) electrons. The lowest BCUT2D eigenvalue weighted by Crippen LogP contribution is -2.34. The molecule has 1 aromatic carbocycles. The van der Waals surface area contributed by atoms with Gasteiger partial charge in [-0.1, -0.05) is 0 Å². The Balaban J connectivity index is 2.24. The first-order valence-corrected chi connectivity index (χ1v) is 9.42.